The Labute approximate surface area is 171 Å². The molecule has 0 aliphatic rings. The van der Waals surface area contributed by atoms with Crippen molar-refractivity contribution < 1.29 is 23.9 Å². The standard InChI is InChI=1S/C18H18Cl2N2O6/c1-11(18(23)21-7-8-26-2)27-17-10-13(4-5-15(17)22(24)25)28-16-6-3-12(19)9-14(16)20/h3-6,9-11H,7-8H2,1-2H3,(H,21,23). The van der Waals surface area contributed by atoms with Crippen LogP contribution in [-0.4, -0.2) is 37.2 Å². The minimum Gasteiger partial charge on any atom is -0.474 e. The van der Waals surface area contributed by atoms with Gasteiger partial charge in [-0.05, 0) is 31.2 Å². The average Bonchev–Trinajstić information content (AvgIpc) is 2.64. The van der Waals surface area contributed by atoms with Crippen LogP contribution in [0.25, 0.3) is 0 Å². The lowest BCUT2D eigenvalue weighted by atomic mass is 10.2. The highest BCUT2D eigenvalue weighted by atomic mass is 35.5. The van der Waals surface area contributed by atoms with Crippen LogP contribution in [0.3, 0.4) is 0 Å². The lowest BCUT2D eigenvalue weighted by molar-refractivity contribution is -0.386. The number of carbonyl (C=O) groups is 1. The summed E-state index contributed by atoms with van der Waals surface area (Å²) in [5.41, 5.74) is -0.300. The Balaban J connectivity index is 2.20. The van der Waals surface area contributed by atoms with E-state index < -0.39 is 16.9 Å². The molecule has 1 N–H and O–H groups in total. The van der Waals surface area contributed by atoms with E-state index in [1.54, 1.807) is 12.1 Å². The first-order valence-corrected chi connectivity index (χ1v) is 8.92. The fourth-order valence-electron chi connectivity index (χ4n) is 2.15. The molecule has 0 heterocycles. The number of nitrogens with zero attached hydrogens (tertiary/aromatic N) is 1. The van der Waals surface area contributed by atoms with Gasteiger partial charge in [0.15, 0.2) is 6.10 Å². The molecular weight excluding hydrogens is 411 g/mol. The van der Waals surface area contributed by atoms with Crippen molar-refractivity contribution in [3.63, 3.8) is 0 Å². The van der Waals surface area contributed by atoms with E-state index in [9.17, 15) is 14.9 Å². The topological polar surface area (TPSA) is 99.9 Å². The molecule has 0 saturated heterocycles. The van der Waals surface area contributed by atoms with Crippen molar-refractivity contribution in [2.45, 2.75) is 13.0 Å². The maximum Gasteiger partial charge on any atom is 0.311 e. The third-order valence-corrected chi connectivity index (χ3v) is 4.06. The molecule has 10 heteroatoms. The number of nitro groups is 1. The number of carbonyl (C=O) groups excluding carboxylic acids is 1. The molecule has 0 aromatic heterocycles. The van der Waals surface area contributed by atoms with Crippen LogP contribution >= 0.6 is 23.2 Å². The van der Waals surface area contributed by atoms with Crippen molar-refractivity contribution in [1.29, 1.82) is 0 Å². The van der Waals surface area contributed by atoms with Gasteiger partial charge < -0.3 is 19.5 Å². The van der Waals surface area contributed by atoms with E-state index in [0.29, 0.717) is 23.9 Å². The fraction of sp³-hybridized carbons (Fsp3) is 0.278. The summed E-state index contributed by atoms with van der Waals surface area (Å²) in [6, 6.07) is 8.62. The number of nitro benzene ring substituents is 1. The maximum absolute atomic E-state index is 12.0. The lowest BCUT2D eigenvalue weighted by Gasteiger charge is -2.15. The average molecular weight is 429 g/mol. The van der Waals surface area contributed by atoms with E-state index in [0.717, 1.165) is 0 Å². The second-order valence-corrected chi connectivity index (χ2v) is 6.45. The summed E-state index contributed by atoms with van der Waals surface area (Å²) in [5.74, 6) is 0.0217. The molecular formula is C18H18Cl2N2O6. The molecule has 8 nitrogen and oxygen atoms in total. The lowest BCUT2D eigenvalue weighted by Crippen LogP contribution is -2.38. The van der Waals surface area contributed by atoms with Crippen molar-refractivity contribution in [1.82, 2.24) is 5.32 Å². The molecule has 1 amide bonds. The maximum atomic E-state index is 12.0. The molecule has 2 rings (SSSR count). The van der Waals surface area contributed by atoms with Crippen LogP contribution < -0.4 is 14.8 Å². The van der Waals surface area contributed by atoms with Gasteiger partial charge in [-0.15, -0.1) is 0 Å². The molecule has 1 unspecified atom stereocenters. The first kappa shape index (κ1) is 21.7. The van der Waals surface area contributed by atoms with Crippen molar-refractivity contribution in [3.05, 3.63) is 56.6 Å². The highest BCUT2D eigenvalue weighted by Crippen LogP contribution is 2.36. The Kier molecular flexibility index (Phi) is 7.86. The smallest absolute Gasteiger partial charge is 0.311 e. The number of rotatable bonds is 9. The molecule has 0 aliphatic carbocycles. The number of ether oxygens (including phenoxy) is 3. The number of halogens is 2. The van der Waals surface area contributed by atoms with Crippen LogP contribution in [-0.2, 0) is 9.53 Å². The molecule has 1 atom stereocenters. The second kappa shape index (κ2) is 10.1. The van der Waals surface area contributed by atoms with Crippen LogP contribution in [0.5, 0.6) is 17.2 Å². The molecule has 28 heavy (non-hydrogen) atoms. The van der Waals surface area contributed by atoms with Crippen molar-refractivity contribution in [2.75, 3.05) is 20.3 Å². The van der Waals surface area contributed by atoms with Gasteiger partial charge in [0.2, 0.25) is 5.75 Å². The summed E-state index contributed by atoms with van der Waals surface area (Å²) >= 11 is 11.9. The second-order valence-electron chi connectivity index (χ2n) is 5.61. The Morgan fingerprint density at radius 2 is 1.96 bits per heavy atom. The predicted molar refractivity (Wildman–Crippen MR) is 105 cm³/mol. The molecule has 0 saturated carbocycles. The summed E-state index contributed by atoms with van der Waals surface area (Å²) in [6.07, 6.45) is -0.968. The van der Waals surface area contributed by atoms with Crippen molar-refractivity contribution in [2.24, 2.45) is 0 Å². The van der Waals surface area contributed by atoms with Gasteiger partial charge in [0.05, 0.1) is 16.6 Å². The van der Waals surface area contributed by atoms with Crippen molar-refractivity contribution in [3.8, 4) is 17.2 Å². The predicted octanol–water partition coefficient (Wildman–Crippen LogP) is 4.22. The third-order valence-electron chi connectivity index (χ3n) is 3.53. The van der Waals surface area contributed by atoms with E-state index in [-0.39, 0.29) is 22.2 Å². The summed E-state index contributed by atoms with van der Waals surface area (Å²) in [6.45, 7) is 2.11. The molecule has 150 valence electrons. The van der Waals surface area contributed by atoms with Crippen molar-refractivity contribution >= 4 is 34.8 Å². The van der Waals surface area contributed by atoms with Crippen LogP contribution in [0, 0.1) is 10.1 Å². The summed E-state index contributed by atoms with van der Waals surface area (Å²) in [4.78, 5) is 22.7. The fourth-order valence-corrected chi connectivity index (χ4v) is 2.60. The van der Waals surface area contributed by atoms with E-state index in [1.165, 1.54) is 38.3 Å². The minimum absolute atomic E-state index is 0.109. The Hall–Kier alpha value is -2.55. The number of benzene rings is 2. The minimum atomic E-state index is -0.968. The molecule has 2 aromatic rings. The normalized spacial score (nSPS) is 11.6. The summed E-state index contributed by atoms with van der Waals surface area (Å²) in [7, 11) is 1.51. The number of hydrogen-bond donors (Lipinski definition) is 1. The SMILES string of the molecule is COCCNC(=O)C(C)Oc1cc(Oc2ccc(Cl)cc2Cl)ccc1[N+](=O)[O-]. The highest BCUT2D eigenvalue weighted by molar-refractivity contribution is 6.35. The van der Waals surface area contributed by atoms with Crippen LogP contribution in [0.1, 0.15) is 6.92 Å². The monoisotopic (exact) mass is 428 g/mol. The first-order valence-electron chi connectivity index (χ1n) is 8.16. The highest BCUT2D eigenvalue weighted by Gasteiger charge is 2.22. The van der Waals surface area contributed by atoms with E-state index in [4.69, 9.17) is 37.4 Å². The van der Waals surface area contributed by atoms with Gasteiger partial charge in [-0.2, -0.15) is 0 Å². The van der Waals surface area contributed by atoms with Gasteiger partial charge in [-0.1, -0.05) is 23.2 Å². The number of amides is 1. The largest absolute Gasteiger partial charge is 0.474 e. The van der Waals surface area contributed by atoms with E-state index in [2.05, 4.69) is 5.32 Å². The van der Waals surface area contributed by atoms with Gasteiger partial charge in [0, 0.05) is 30.8 Å². The van der Waals surface area contributed by atoms with Gasteiger partial charge in [-0.25, -0.2) is 0 Å². The Bertz CT molecular complexity index is 862. The number of methoxy groups -OCH3 is 1. The summed E-state index contributed by atoms with van der Waals surface area (Å²) < 4.78 is 16.0. The molecule has 0 aliphatic heterocycles. The van der Waals surface area contributed by atoms with Gasteiger partial charge >= 0.3 is 5.69 Å². The molecule has 0 radical (unpaired) electrons. The third kappa shape index (κ3) is 5.98. The number of nitrogens with one attached hydrogen (secondary N) is 1. The Morgan fingerprint density at radius 3 is 2.61 bits per heavy atom. The quantitative estimate of drug-likeness (QED) is 0.364. The van der Waals surface area contributed by atoms with Crippen LogP contribution in [0.2, 0.25) is 10.0 Å². The van der Waals surface area contributed by atoms with Crippen LogP contribution in [0.4, 0.5) is 5.69 Å². The first-order chi connectivity index (χ1) is 13.3. The summed E-state index contributed by atoms with van der Waals surface area (Å²) in [5, 5.41) is 14.6. The molecule has 0 bridgehead atoms. The zero-order valence-corrected chi connectivity index (χ0v) is 16.6. The van der Waals surface area contributed by atoms with Gasteiger partial charge in [0.1, 0.15) is 11.5 Å². The zero-order valence-electron chi connectivity index (χ0n) is 15.1. The van der Waals surface area contributed by atoms with Crippen LogP contribution in [0.15, 0.2) is 36.4 Å². The van der Waals surface area contributed by atoms with Gasteiger partial charge in [-0.3, -0.25) is 14.9 Å². The Morgan fingerprint density at radius 1 is 1.21 bits per heavy atom. The van der Waals surface area contributed by atoms with E-state index in [1.807, 2.05) is 0 Å². The number of hydrogen-bond acceptors (Lipinski definition) is 6. The molecule has 0 spiro atoms. The zero-order chi connectivity index (χ0) is 20.7. The molecule has 0 fully saturated rings. The molecule has 2 aromatic carbocycles. The van der Waals surface area contributed by atoms with Gasteiger partial charge in [0.25, 0.3) is 5.91 Å². The van der Waals surface area contributed by atoms with E-state index >= 15 is 0 Å².